The molecule has 1 aliphatic heterocycles. The Hall–Kier alpha value is -1.42. The van der Waals surface area contributed by atoms with Gasteiger partial charge >= 0.3 is 5.97 Å². The van der Waals surface area contributed by atoms with Crippen LogP contribution in [0.2, 0.25) is 0 Å². The average Bonchev–Trinajstić information content (AvgIpc) is 2.79. The van der Waals surface area contributed by atoms with Crippen molar-refractivity contribution in [3.05, 3.63) is 29.6 Å². The van der Waals surface area contributed by atoms with Crippen molar-refractivity contribution in [2.75, 3.05) is 7.11 Å². The molecule has 0 saturated carbocycles. The van der Waals surface area contributed by atoms with E-state index in [1.54, 1.807) is 12.3 Å². The van der Waals surface area contributed by atoms with Crippen LogP contribution in [0.5, 0.6) is 0 Å². The molecule has 2 rings (SSSR count). The Morgan fingerprint density at radius 2 is 2.26 bits per heavy atom. The van der Waals surface area contributed by atoms with Gasteiger partial charge in [0.1, 0.15) is 0 Å². The number of ether oxygens (including phenoxy) is 1. The minimum absolute atomic E-state index is 0.333. The molecule has 2 heterocycles. The first-order valence-corrected chi connectivity index (χ1v) is 6.94. The number of esters is 1. The van der Waals surface area contributed by atoms with E-state index in [-0.39, 0.29) is 5.97 Å². The number of pyridine rings is 1. The molecule has 0 radical (unpaired) electrons. The van der Waals surface area contributed by atoms with Crippen LogP contribution in [-0.4, -0.2) is 35.0 Å². The van der Waals surface area contributed by atoms with Gasteiger partial charge < -0.3 is 4.74 Å². The quantitative estimate of drug-likeness (QED) is 0.782. The van der Waals surface area contributed by atoms with E-state index in [0.29, 0.717) is 17.6 Å². The summed E-state index contributed by atoms with van der Waals surface area (Å²) in [5.41, 5.74) is 1.52. The number of methoxy groups -OCH3 is 1. The third-order valence-corrected chi connectivity index (χ3v) is 4.01. The maximum atomic E-state index is 11.3. The highest BCUT2D eigenvalue weighted by Crippen LogP contribution is 2.27. The van der Waals surface area contributed by atoms with Crippen LogP contribution in [0, 0.1) is 0 Å². The van der Waals surface area contributed by atoms with Crippen molar-refractivity contribution in [1.82, 2.24) is 9.88 Å². The summed E-state index contributed by atoms with van der Waals surface area (Å²) in [6.07, 6.45) is 5.32. The first kappa shape index (κ1) is 14.0. The van der Waals surface area contributed by atoms with Crippen molar-refractivity contribution < 1.29 is 9.53 Å². The number of hydrogen-bond donors (Lipinski definition) is 0. The van der Waals surface area contributed by atoms with Crippen LogP contribution in [0.1, 0.15) is 49.2 Å². The zero-order valence-corrected chi connectivity index (χ0v) is 11.9. The molecule has 2 unspecified atom stereocenters. The smallest absolute Gasteiger partial charge is 0.339 e. The second kappa shape index (κ2) is 6.15. The molecule has 0 spiro atoms. The van der Waals surface area contributed by atoms with E-state index < -0.39 is 0 Å². The van der Waals surface area contributed by atoms with Gasteiger partial charge in [0.05, 0.1) is 18.4 Å². The number of aromatic nitrogens is 1. The molecule has 1 aromatic rings. The Kier molecular flexibility index (Phi) is 4.53. The van der Waals surface area contributed by atoms with Crippen LogP contribution in [0.15, 0.2) is 18.3 Å². The first-order valence-electron chi connectivity index (χ1n) is 6.94. The fraction of sp³-hybridized carbons (Fsp3) is 0.600. The van der Waals surface area contributed by atoms with Gasteiger partial charge in [0.2, 0.25) is 0 Å². The van der Waals surface area contributed by atoms with Crippen LogP contribution in [0.25, 0.3) is 0 Å². The molecule has 4 nitrogen and oxygen atoms in total. The number of likely N-dealkylation sites (tertiary alicyclic amines) is 1. The summed E-state index contributed by atoms with van der Waals surface area (Å²) >= 11 is 0. The summed E-state index contributed by atoms with van der Waals surface area (Å²) in [5, 5.41) is 0. The third kappa shape index (κ3) is 3.13. The Labute approximate surface area is 114 Å². The summed E-state index contributed by atoms with van der Waals surface area (Å²) in [6, 6.07) is 4.99. The van der Waals surface area contributed by atoms with Crippen molar-refractivity contribution in [2.24, 2.45) is 0 Å². The predicted octanol–water partition coefficient (Wildman–Crippen LogP) is 2.63. The number of nitrogens with zero attached hydrogens (tertiary/aromatic N) is 2. The fourth-order valence-electron chi connectivity index (χ4n) is 2.79. The number of carbonyl (C=O) groups excluding carboxylic acids is 1. The maximum Gasteiger partial charge on any atom is 0.339 e. The van der Waals surface area contributed by atoms with E-state index in [0.717, 1.165) is 12.2 Å². The van der Waals surface area contributed by atoms with Crippen molar-refractivity contribution in [3.8, 4) is 0 Å². The molecule has 0 aromatic carbocycles. The highest BCUT2D eigenvalue weighted by atomic mass is 16.5. The lowest BCUT2D eigenvalue weighted by Gasteiger charge is -2.27. The van der Waals surface area contributed by atoms with Crippen molar-refractivity contribution in [2.45, 2.75) is 51.7 Å². The second-order valence-electron chi connectivity index (χ2n) is 5.19. The molecule has 1 aromatic heterocycles. The van der Waals surface area contributed by atoms with Crippen LogP contribution >= 0.6 is 0 Å². The van der Waals surface area contributed by atoms with Gasteiger partial charge in [-0.1, -0.05) is 6.92 Å². The fourth-order valence-corrected chi connectivity index (χ4v) is 2.79. The first-order chi connectivity index (χ1) is 9.15. The molecule has 0 amide bonds. The van der Waals surface area contributed by atoms with E-state index in [1.807, 2.05) is 6.07 Å². The maximum absolute atomic E-state index is 11.3. The molecule has 19 heavy (non-hydrogen) atoms. The molecule has 1 fully saturated rings. The molecule has 0 N–H and O–H groups in total. The summed E-state index contributed by atoms with van der Waals surface area (Å²) < 4.78 is 4.67. The SMILES string of the molecule is CCC1CCC(C)N1Cc1ccc(C(=O)OC)cn1. The topological polar surface area (TPSA) is 42.4 Å². The molecule has 104 valence electrons. The minimum atomic E-state index is -0.333. The lowest BCUT2D eigenvalue weighted by atomic mass is 10.1. The van der Waals surface area contributed by atoms with Crippen LogP contribution in [0.3, 0.4) is 0 Å². The Morgan fingerprint density at radius 3 is 2.84 bits per heavy atom. The van der Waals surface area contributed by atoms with Crippen molar-refractivity contribution in [3.63, 3.8) is 0 Å². The van der Waals surface area contributed by atoms with Crippen LogP contribution in [-0.2, 0) is 11.3 Å². The molecular formula is C15H22N2O2. The molecule has 0 bridgehead atoms. The van der Waals surface area contributed by atoms with Gasteiger partial charge in [-0.2, -0.15) is 0 Å². The Balaban J connectivity index is 2.05. The lowest BCUT2D eigenvalue weighted by molar-refractivity contribution is 0.0600. The standard InChI is InChI=1S/C15H22N2O2/c1-4-14-8-5-11(2)17(14)10-13-7-6-12(9-16-13)15(18)19-3/h6-7,9,11,14H,4-5,8,10H2,1-3H3. The largest absolute Gasteiger partial charge is 0.465 e. The zero-order chi connectivity index (χ0) is 13.8. The van der Waals surface area contributed by atoms with Crippen molar-refractivity contribution in [1.29, 1.82) is 0 Å². The highest BCUT2D eigenvalue weighted by Gasteiger charge is 2.29. The van der Waals surface area contributed by atoms with Crippen LogP contribution in [0.4, 0.5) is 0 Å². The van der Waals surface area contributed by atoms with Crippen LogP contribution < -0.4 is 0 Å². The normalized spacial score (nSPS) is 23.5. The van der Waals surface area contributed by atoms with Crippen molar-refractivity contribution >= 4 is 5.97 Å². The summed E-state index contributed by atoms with van der Waals surface area (Å²) in [4.78, 5) is 18.2. The van der Waals surface area contributed by atoms with E-state index in [9.17, 15) is 4.79 Å². The molecule has 4 heteroatoms. The van der Waals surface area contributed by atoms with E-state index in [1.165, 1.54) is 26.4 Å². The number of hydrogen-bond acceptors (Lipinski definition) is 4. The molecular weight excluding hydrogens is 240 g/mol. The third-order valence-electron chi connectivity index (χ3n) is 4.01. The highest BCUT2D eigenvalue weighted by molar-refractivity contribution is 5.88. The van der Waals surface area contributed by atoms with Gasteiger partial charge in [-0.3, -0.25) is 9.88 Å². The van der Waals surface area contributed by atoms with E-state index in [2.05, 4.69) is 28.5 Å². The van der Waals surface area contributed by atoms with Gasteiger partial charge in [0.25, 0.3) is 0 Å². The molecule has 1 aliphatic rings. The molecule has 0 aliphatic carbocycles. The van der Waals surface area contributed by atoms with Gasteiger partial charge in [0.15, 0.2) is 0 Å². The Morgan fingerprint density at radius 1 is 1.47 bits per heavy atom. The minimum Gasteiger partial charge on any atom is -0.465 e. The van der Waals surface area contributed by atoms with Gasteiger partial charge in [0, 0.05) is 24.8 Å². The second-order valence-corrected chi connectivity index (χ2v) is 5.19. The zero-order valence-electron chi connectivity index (χ0n) is 11.9. The van der Waals surface area contributed by atoms with E-state index in [4.69, 9.17) is 0 Å². The average molecular weight is 262 g/mol. The lowest BCUT2D eigenvalue weighted by Crippen LogP contribution is -2.33. The summed E-state index contributed by atoms with van der Waals surface area (Å²) in [7, 11) is 1.38. The number of carbonyl (C=O) groups is 1. The van der Waals surface area contributed by atoms with Gasteiger partial charge in [-0.25, -0.2) is 4.79 Å². The van der Waals surface area contributed by atoms with E-state index >= 15 is 0 Å². The monoisotopic (exact) mass is 262 g/mol. The van der Waals surface area contributed by atoms with Gasteiger partial charge in [-0.05, 0) is 38.3 Å². The molecule has 1 saturated heterocycles. The summed E-state index contributed by atoms with van der Waals surface area (Å²) in [6.45, 7) is 5.38. The van der Waals surface area contributed by atoms with Gasteiger partial charge in [-0.15, -0.1) is 0 Å². The molecule has 2 atom stereocenters. The predicted molar refractivity (Wildman–Crippen MR) is 73.9 cm³/mol. The summed E-state index contributed by atoms with van der Waals surface area (Å²) in [5.74, 6) is -0.333. The number of rotatable bonds is 4. The Bertz CT molecular complexity index is 430.